The van der Waals surface area contributed by atoms with Gasteiger partial charge in [0.1, 0.15) is 5.82 Å². The molecule has 1 aromatic rings. The molecule has 1 aliphatic carbocycles. The standard InChI is InChI=1S/C14H24N4/c1-16-8-3-4-13(16)10-18(12-5-6-12)11-14-15-7-9-17(14)2/h7,9,12-13H,3-6,8,10-11H2,1-2H3/t13-/m1/s1. The Morgan fingerprint density at radius 2 is 2.17 bits per heavy atom. The summed E-state index contributed by atoms with van der Waals surface area (Å²) in [6, 6.07) is 1.57. The molecular weight excluding hydrogens is 224 g/mol. The molecule has 1 aliphatic heterocycles. The summed E-state index contributed by atoms with van der Waals surface area (Å²) in [5.74, 6) is 1.20. The zero-order valence-corrected chi connectivity index (χ0v) is 11.5. The Kier molecular flexibility index (Phi) is 3.39. The van der Waals surface area contributed by atoms with Gasteiger partial charge in [-0.05, 0) is 39.3 Å². The molecule has 18 heavy (non-hydrogen) atoms. The molecule has 0 radical (unpaired) electrons. The number of rotatable bonds is 5. The van der Waals surface area contributed by atoms with Gasteiger partial charge in [-0.2, -0.15) is 0 Å². The lowest BCUT2D eigenvalue weighted by molar-refractivity contribution is 0.175. The highest BCUT2D eigenvalue weighted by Crippen LogP contribution is 2.29. The van der Waals surface area contributed by atoms with Gasteiger partial charge in [-0.1, -0.05) is 0 Å². The number of hydrogen-bond acceptors (Lipinski definition) is 3. The second-order valence-corrected chi connectivity index (χ2v) is 5.89. The van der Waals surface area contributed by atoms with Crippen molar-refractivity contribution in [3.63, 3.8) is 0 Å². The summed E-state index contributed by atoms with van der Waals surface area (Å²) in [7, 11) is 4.36. The third kappa shape index (κ3) is 2.59. The molecule has 1 atom stereocenters. The first-order valence-corrected chi connectivity index (χ1v) is 7.14. The van der Waals surface area contributed by atoms with E-state index in [9.17, 15) is 0 Å². The maximum absolute atomic E-state index is 4.47. The van der Waals surface area contributed by atoms with Crippen molar-refractivity contribution < 1.29 is 0 Å². The van der Waals surface area contributed by atoms with Crippen molar-refractivity contribution in [3.8, 4) is 0 Å². The Balaban J connectivity index is 1.63. The summed E-state index contributed by atoms with van der Waals surface area (Å²) < 4.78 is 2.15. The van der Waals surface area contributed by atoms with Crippen molar-refractivity contribution in [1.29, 1.82) is 0 Å². The summed E-state index contributed by atoms with van der Waals surface area (Å²) in [4.78, 5) is 9.64. The number of nitrogens with zero attached hydrogens (tertiary/aromatic N) is 4. The largest absolute Gasteiger partial charge is 0.337 e. The van der Waals surface area contributed by atoms with Crippen LogP contribution in [0.25, 0.3) is 0 Å². The minimum Gasteiger partial charge on any atom is -0.337 e. The molecule has 2 aliphatic rings. The summed E-state index contributed by atoms with van der Waals surface area (Å²) in [6.45, 7) is 3.50. The Bertz CT molecular complexity index is 396. The molecule has 4 nitrogen and oxygen atoms in total. The highest BCUT2D eigenvalue weighted by molar-refractivity contribution is 4.96. The first-order valence-electron chi connectivity index (χ1n) is 7.14. The van der Waals surface area contributed by atoms with Crippen LogP contribution in [0.15, 0.2) is 12.4 Å². The second kappa shape index (κ2) is 5.02. The molecule has 1 saturated carbocycles. The van der Waals surface area contributed by atoms with Gasteiger partial charge in [0.05, 0.1) is 6.54 Å². The van der Waals surface area contributed by atoms with E-state index in [1.54, 1.807) is 0 Å². The number of likely N-dealkylation sites (tertiary alicyclic amines) is 1. The van der Waals surface area contributed by atoms with Gasteiger partial charge >= 0.3 is 0 Å². The van der Waals surface area contributed by atoms with Crippen LogP contribution in [0.5, 0.6) is 0 Å². The summed E-state index contributed by atoms with van der Waals surface area (Å²) in [5, 5.41) is 0. The quantitative estimate of drug-likeness (QED) is 0.789. The Morgan fingerprint density at radius 3 is 2.72 bits per heavy atom. The zero-order valence-electron chi connectivity index (χ0n) is 11.5. The van der Waals surface area contributed by atoms with E-state index in [-0.39, 0.29) is 0 Å². The molecule has 4 heteroatoms. The van der Waals surface area contributed by atoms with Gasteiger partial charge in [0.2, 0.25) is 0 Å². The van der Waals surface area contributed by atoms with E-state index in [1.165, 1.54) is 44.6 Å². The van der Waals surface area contributed by atoms with Gasteiger partial charge < -0.3 is 9.47 Å². The summed E-state index contributed by atoms with van der Waals surface area (Å²) in [5.41, 5.74) is 0. The van der Waals surface area contributed by atoms with E-state index >= 15 is 0 Å². The Hall–Kier alpha value is -0.870. The van der Waals surface area contributed by atoms with E-state index in [2.05, 4.69) is 33.4 Å². The second-order valence-electron chi connectivity index (χ2n) is 5.89. The monoisotopic (exact) mass is 248 g/mol. The predicted molar refractivity (Wildman–Crippen MR) is 72.3 cm³/mol. The first-order chi connectivity index (χ1) is 8.74. The molecule has 0 amide bonds. The molecule has 3 rings (SSSR count). The minimum atomic E-state index is 0.755. The molecule has 1 aromatic heterocycles. The van der Waals surface area contributed by atoms with Gasteiger partial charge in [-0.15, -0.1) is 0 Å². The van der Waals surface area contributed by atoms with Gasteiger partial charge in [-0.3, -0.25) is 4.90 Å². The predicted octanol–water partition coefficient (Wildman–Crippen LogP) is 1.48. The van der Waals surface area contributed by atoms with Crippen LogP contribution in [-0.2, 0) is 13.6 Å². The third-order valence-electron chi connectivity index (χ3n) is 4.45. The molecule has 0 N–H and O–H groups in total. The number of likely N-dealkylation sites (N-methyl/N-ethyl adjacent to an activating group) is 1. The SMILES string of the molecule is CN1CCC[C@@H]1CN(Cc1nccn1C)C1CC1. The lowest BCUT2D eigenvalue weighted by atomic mass is 10.2. The number of hydrogen-bond donors (Lipinski definition) is 0. The van der Waals surface area contributed by atoms with Crippen LogP contribution < -0.4 is 0 Å². The fourth-order valence-electron chi connectivity index (χ4n) is 2.99. The topological polar surface area (TPSA) is 24.3 Å². The fourth-order valence-corrected chi connectivity index (χ4v) is 2.99. The normalized spacial score (nSPS) is 25.2. The van der Waals surface area contributed by atoms with Crippen molar-refractivity contribution in [2.75, 3.05) is 20.1 Å². The molecule has 0 bridgehead atoms. The highest BCUT2D eigenvalue weighted by Gasteiger charge is 2.33. The fraction of sp³-hybridized carbons (Fsp3) is 0.786. The Morgan fingerprint density at radius 1 is 1.33 bits per heavy atom. The maximum Gasteiger partial charge on any atom is 0.122 e. The van der Waals surface area contributed by atoms with Crippen LogP contribution in [0.2, 0.25) is 0 Å². The molecule has 2 heterocycles. The van der Waals surface area contributed by atoms with E-state index in [4.69, 9.17) is 0 Å². The lowest BCUT2D eigenvalue weighted by Crippen LogP contribution is -2.39. The van der Waals surface area contributed by atoms with Gasteiger partial charge in [-0.25, -0.2) is 4.98 Å². The molecule has 1 saturated heterocycles. The molecule has 100 valence electrons. The van der Waals surface area contributed by atoms with Crippen LogP contribution in [-0.4, -0.2) is 51.6 Å². The van der Waals surface area contributed by atoms with Crippen LogP contribution in [0.1, 0.15) is 31.5 Å². The third-order valence-corrected chi connectivity index (χ3v) is 4.45. The van der Waals surface area contributed by atoms with Crippen molar-refractivity contribution in [1.82, 2.24) is 19.4 Å². The number of imidazole rings is 1. The zero-order chi connectivity index (χ0) is 12.5. The first kappa shape index (κ1) is 12.2. The molecule has 2 fully saturated rings. The van der Waals surface area contributed by atoms with Crippen LogP contribution in [0.4, 0.5) is 0 Å². The van der Waals surface area contributed by atoms with Crippen molar-refractivity contribution >= 4 is 0 Å². The van der Waals surface area contributed by atoms with Crippen molar-refractivity contribution in [3.05, 3.63) is 18.2 Å². The van der Waals surface area contributed by atoms with Crippen LogP contribution >= 0.6 is 0 Å². The van der Waals surface area contributed by atoms with E-state index in [0.29, 0.717) is 0 Å². The van der Waals surface area contributed by atoms with Crippen molar-refractivity contribution in [2.45, 2.75) is 44.3 Å². The summed E-state index contributed by atoms with van der Waals surface area (Å²) in [6.07, 6.45) is 9.42. The number of aryl methyl sites for hydroxylation is 1. The van der Waals surface area contributed by atoms with E-state index < -0.39 is 0 Å². The van der Waals surface area contributed by atoms with Crippen LogP contribution in [0.3, 0.4) is 0 Å². The Labute approximate surface area is 110 Å². The van der Waals surface area contributed by atoms with Gasteiger partial charge in [0.25, 0.3) is 0 Å². The molecule has 0 aromatic carbocycles. The van der Waals surface area contributed by atoms with Crippen LogP contribution in [0, 0.1) is 0 Å². The van der Waals surface area contributed by atoms with Gasteiger partial charge in [0, 0.05) is 38.1 Å². The minimum absolute atomic E-state index is 0.755. The highest BCUT2D eigenvalue weighted by atomic mass is 15.3. The van der Waals surface area contributed by atoms with E-state index in [1.807, 2.05) is 12.4 Å². The average molecular weight is 248 g/mol. The van der Waals surface area contributed by atoms with Gasteiger partial charge in [0.15, 0.2) is 0 Å². The van der Waals surface area contributed by atoms with E-state index in [0.717, 1.165) is 18.6 Å². The van der Waals surface area contributed by atoms with Crippen molar-refractivity contribution in [2.24, 2.45) is 7.05 Å². The molecular formula is C14H24N4. The molecule has 0 unspecified atom stereocenters. The smallest absolute Gasteiger partial charge is 0.122 e. The lowest BCUT2D eigenvalue weighted by Gasteiger charge is -2.28. The maximum atomic E-state index is 4.47. The summed E-state index contributed by atoms with van der Waals surface area (Å²) >= 11 is 0. The number of aromatic nitrogens is 2. The average Bonchev–Trinajstić information content (AvgIpc) is 3.02. The molecule has 0 spiro atoms.